The molecule has 1 fully saturated rings. The highest BCUT2D eigenvalue weighted by Gasteiger charge is 2.16. The zero-order chi connectivity index (χ0) is 13.0. The van der Waals surface area contributed by atoms with Crippen molar-refractivity contribution < 1.29 is 4.74 Å². The molecule has 1 aliphatic rings. The van der Waals surface area contributed by atoms with Gasteiger partial charge in [0.15, 0.2) is 0 Å². The van der Waals surface area contributed by atoms with Gasteiger partial charge in [-0.2, -0.15) is 0 Å². The van der Waals surface area contributed by atoms with Crippen molar-refractivity contribution in [3.8, 4) is 0 Å². The van der Waals surface area contributed by atoms with Crippen molar-refractivity contribution in [3.05, 3.63) is 28.8 Å². The van der Waals surface area contributed by atoms with Gasteiger partial charge in [-0.1, -0.05) is 17.7 Å². The lowest BCUT2D eigenvalue weighted by Crippen LogP contribution is -2.30. The summed E-state index contributed by atoms with van der Waals surface area (Å²) in [5.41, 5.74) is 7.87. The van der Waals surface area contributed by atoms with Crippen molar-refractivity contribution in [3.63, 3.8) is 0 Å². The molecule has 1 unspecified atom stereocenters. The van der Waals surface area contributed by atoms with E-state index in [4.69, 9.17) is 22.1 Å². The number of anilines is 1. The van der Waals surface area contributed by atoms with E-state index in [0.717, 1.165) is 43.1 Å². The number of ether oxygens (including phenoxy) is 1. The maximum Gasteiger partial charge on any atom is 0.0721 e. The van der Waals surface area contributed by atoms with E-state index >= 15 is 0 Å². The van der Waals surface area contributed by atoms with Gasteiger partial charge in [0.2, 0.25) is 0 Å². The second kappa shape index (κ2) is 6.41. The van der Waals surface area contributed by atoms with Crippen molar-refractivity contribution in [1.29, 1.82) is 0 Å². The number of rotatable bonds is 3. The molecule has 0 spiro atoms. The Morgan fingerprint density at radius 3 is 3.06 bits per heavy atom. The van der Waals surface area contributed by atoms with E-state index in [1.54, 1.807) is 0 Å². The fraction of sp³-hybridized carbons (Fsp3) is 0.571. The molecule has 1 aliphatic heterocycles. The molecule has 0 radical (unpaired) electrons. The van der Waals surface area contributed by atoms with E-state index in [-0.39, 0.29) is 6.10 Å². The van der Waals surface area contributed by atoms with Crippen molar-refractivity contribution in [2.24, 2.45) is 5.73 Å². The zero-order valence-corrected chi connectivity index (χ0v) is 11.6. The van der Waals surface area contributed by atoms with Gasteiger partial charge in [-0.3, -0.25) is 0 Å². The summed E-state index contributed by atoms with van der Waals surface area (Å²) in [4.78, 5) is 2.34. The minimum Gasteiger partial charge on any atom is -0.377 e. The predicted octanol–water partition coefficient (Wildman–Crippen LogP) is 2.46. The summed E-state index contributed by atoms with van der Waals surface area (Å²) >= 11 is 6.29. The Kier molecular flexibility index (Phi) is 4.87. The molecule has 0 aromatic heterocycles. The van der Waals surface area contributed by atoms with Crippen LogP contribution in [-0.2, 0) is 11.2 Å². The maximum absolute atomic E-state index is 6.29. The topological polar surface area (TPSA) is 38.5 Å². The fourth-order valence-electron chi connectivity index (χ4n) is 2.32. The van der Waals surface area contributed by atoms with Crippen LogP contribution >= 0.6 is 11.6 Å². The van der Waals surface area contributed by atoms with Gasteiger partial charge in [0.25, 0.3) is 0 Å². The van der Waals surface area contributed by atoms with Gasteiger partial charge in [-0.25, -0.2) is 0 Å². The molecule has 1 aromatic rings. The summed E-state index contributed by atoms with van der Waals surface area (Å²) in [5, 5.41) is 0.816. The fourth-order valence-corrected chi connectivity index (χ4v) is 2.59. The SMILES string of the molecule is CC1CN(c2ccc(CCN)c(Cl)c2)CCCO1. The highest BCUT2D eigenvalue weighted by atomic mass is 35.5. The molecule has 2 rings (SSSR count). The van der Waals surface area contributed by atoms with Crippen LogP contribution in [0.5, 0.6) is 0 Å². The van der Waals surface area contributed by atoms with Crippen molar-refractivity contribution in [2.75, 3.05) is 31.1 Å². The lowest BCUT2D eigenvalue weighted by atomic mass is 10.1. The van der Waals surface area contributed by atoms with Crippen molar-refractivity contribution in [1.82, 2.24) is 0 Å². The number of halogens is 1. The largest absolute Gasteiger partial charge is 0.377 e. The summed E-state index contributed by atoms with van der Waals surface area (Å²) in [6, 6.07) is 6.26. The zero-order valence-electron chi connectivity index (χ0n) is 10.9. The van der Waals surface area contributed by atoms with Crippen LogP contribution in [0.1, 0.15) is 18.9 Å². The van der Waals surface area contributed by atoms with E-state index < -0.39 is 0 Å². The summed E-state index contributed by atoms with van der Waals surface area (Å²) in [7, 11) is 0. The van der Waals surface area contributed by atoms with Crippen LogP contribution in [0.4, 0.5) is 5.69 Å². The van der Waals surface area contributed by atoms with Gasteiger partial charge in [0, 0.05) is 30.4 Å². The minimum absolute atomic E-state index is 0.273. The molecule has 0 bridgehead atoms. The summed E-state index contributed by atoms with van der Waals surface area (Å²) in [6.45, 7) is 5.54. The first-order chi connectivity index (χ1) is 8.70. The molecule has 0 aliphatic carbocycles. The highest BCUT2D eigenvalue weighted by molar-refractivity contribution is 6.31. The Balaban J connectivity index is 2.14. The summed E-state index contributed by atoms with van der Waals surface area (Å²) < 4.78 is 5.66. The Bertz CT molecular complexity index is 397. The van der Waals surface area contributed by atoms with Crippen LogP contribution in [0.15, 0.2) is 18.2 Å². The van der Waals surface area contributed by atoms with Gasteiger partial charge < -0.3 is 15.4 Å². The maximum atomic E-state index is 6.29. The van der Waals surface area contributed by atoms with Gasteiger partial charge in [-0.15, -0.1) is 0 Å². The van der Waals surface area contributed by atoms with Gasteiger partial charge in [0.05, 0.1) is 6.10 Å². The highest BCUT2D eigenvalue weighted by Crippen LogP contribution is 2.25. The Morgan fingerprint density at radius 1 is 1.50 bits per heavy atom. The second-order valence-corrected chi connectivity index (χ2v) is 5.20. The number of benzene rings is 1. The molecule has 1 heterocycles. The van der Waals surface area contributed by atoms with Crippen molar-refractivity contribution >= 4 is 17.3 Å². The van der Waals surface area contributed by atoms with E-state index in [0.29, 0.717) is 6.54 Å². The van der Waals surface area contributed by atoms with Crippen molar-refractivity contribution in [2.45, 2.75) is 25.9 Å². The van der Waals surface area contributed by atoms with Gasteiger partial charge in [-0.05, 0) is 44.0 Å². The second-order valence-electron chi connectivity index (χ2n) is 4.80. The molecular formula is C14H21ClN2O. The number of hydrogen-bond acceptors (Lipinski definition) is 3. The summed E-state index contributed by atoms with van der Waals surface area (Å²) in [6.07, 6.45) is 2.17. The monoisotopic (exact) mass is 268 g/mol. The molecule has 100 valence electrons. The van der Waals surface area contributed by atoms with Crippen LogP contribution in [-0.4, -0.2) is 32.3 Å². The van der Waals surface area contributed by atoms with Crippen LogP contribution in [0.25, 0.3) is 0 Å². The van der Waals surface area contributed by atoms with E-state index in [1.807, 2.05) is 6.07 Å². The van der Waals surface area contributed by atoms with E-state index in [1.165, 1.54) is 5.69 Å². The quantitative estimate of drug-likeness (QED) is 0.915. The van der Waals surface area contributed by atoms with E-state index in [9.17, 15) is 0 Å². The minimum atomic E-state index is 0.273. The third kappa shape index (κ3) is 3.37. The molecule has 0 saturated carbocycles. The molecule has 3 nitrogen and oxygen atoms in total. The first-order valence-electron chi connectivity index (χ1n) is 6.55. The lowest BCUT2D eigenvalue weighted by Gasteiger charge is -2.25. The molecule has 1 saturated heterocycles. The lowest BCUT2D eigenvalue weighted by molar-refractivity contribution is 0.0821. The standard InChI is InChI=1S/C14H21ClN2O/c1-11-10-17(7-2-8-18-11)13-4-3-12(5-6-16)14(15)9-13/h3-4,9,11H,2,5-8,10,16H2,1H3. The number of nitrogens with zero attached hydrogens (tertiary/aromatic N) is 1. The molecule has 1 aromatic carbocycles. The summed E-state index contributed by atoms with van der Waals surface area (Å²) in [5.74, 6) is 0. The van der Waals surface area contributed by atoms with Crippen LogP contribution in [0.3, 0.4) is 0 Å². The molecule has 2 N–H and O–H groups in total. The van der Waals surface area contributed by atoms with E-state index in [2.05, 4.69) is 24.0 Å². The smallest absolute Gasteiger partial charge is 0.0721 e. The third-order valence-electron chi connectivity index (χ3n) is 3.27. The predicted molar refractivity (Wildman–Crippen MR) is 76.5 cm³/mol. The van der Waals surface area contributed by atoms with Crippen LogP contribution < -0.4 is 10.6 Å². The van der Waals surface area contributed by atoms with Crippen LogP contribution in [0.2, 0.25) is 5.02 Å². The third-order valence-corrected chi connectivity index (χ3v) is 3.62. The van der Waals surface area contributed by atoms with Gasteiger partial charge in [0.1, 0.15) is 0 Å². The number of hydrogen-bond donors (Lipinski definition) is 1. The Hall–Kier alpha value is -0.770. The average Bonchev–Trinajstić information content (AvgIpc) is 2.57. The molecule has 18 heavy (non-hydrogen) atoms. The molecule has 0 amide bonds. The molecular weight excluding hydrogens is 248 g/mol. The Labute approximate surface area is 114 Å². The van der Waals surface area contributed by atoms with Gasteiger partial charge >= 0.3 is 0 Å². The Morgan fingerprint density at radius 2 is 2.33 bits per heavy atom. The first kappa shape index (κ1) is 13.7. The number of nitrogens with two attached hydrogens (primary N) is 1. The normalized spacial score (nSPS) is 20.8. The average molecular weight is 269 g/mol. The van der Waals surface area contributed by atoms with Crippen LogP contribution in [0, 0.1) is 0 Å². The molecule has 1 atom stereocenters. The molecule has 4 heteroatoms. The first-order valence-corrected chi connectivity index (χ1v) is 6.93.